The first-order chi connectivity index (χ1) is 17.4. The van der Waals surface area contributed by atoms with Gasteiger partial charge in [-0.25, -0.2) is 17.2 Å². The molecule has 2 unspecified atom stereocenters. The lowest BCUT2D eigenvalue weighted by Gasteiger charge is -2.23. The second-order valence-electron chi connectivity index (χ2n) is 8.22. The maximum Gasteiger partial charge on any atom is 0.573 e. The average Bonchev–Trinajstić information content (AvgIpc) is 3.25. The molecule has 1 fully saturated rings. The lowest BCUT2D eigenvalue weighted by molar-refractivity contribution is -0.274. The highest BCUT2D eigenvalue weighted by Crippen LogP contribution is 2.29. The minimum Gasteiger partial charge on any atom is -0.406 e. The third-order valence-electron chi connectivity index (χ3n) is 5.60. The molecule has 0 saturated carbocycles. The maximum atomic E-state index is 14.2. The molecule has 1 aliphatic rings. The van der Waals surface area contributed by atoms with Crippen molar-refractivity contribution in [3.05, 3.63) is 78.2 Å². The Morgan fingerprint density at radius 2 is 1.76 bits per heavy atom. The molecule has 0 bridgehead atoms. The SMILES string of the molecule is O=C(NCc1ccnc(-c2ccc(OC(F)(F)F)cc2)c1)C1CC(F)CN1S(=O)(=O)c1ccc(F)cc1. The van der Waals surface area contributed by atoms with Crippen molar-refractivity contribution < 1.29 is 39.9 Å². The number of nitrogens with zero attached hydrogens (tertiary/aromatic N) is 2. The normalized spacial score (nSPS) is 18.5. The van der Waals surface area contributed by atoms with Crippen molar-refractivity contribution in [1.82, 2.24) is 14.6 Å². The summed E-state index contributed by atoms with van der Waals surface area (Å²) < 4.78 is 95.0. The van der Waals surface area contributed by atoms with Crippen LogP contribution in [0.1, 0.15) is 12.0 Å². The fourth-order valence-electron chi connectivity index (χ4n) is 3.88. The third kappa shape index (κ3) is 6.41. The Morgan fingerprint density at radius 3 is 2.41 bits per heavy atom. The summed E-state index contributed by atoms with van der Waals surface area (Å²) in [5.74, 6) is -1.74. The Labute approximate surface area is 208 Å². The lowest BCUT2D eigenvalue weighted by Crippen LogP contribution is -2.45. The number of carbonyl (C=O) groups is 1. The van der Waals surface area contributed by atoms with Crippen LogP contribution in [0.15, 0.2) is 71.8 Å². The molecule has 0 spiro atoms. The monoisotopic (exact) mass is 541 g/mol. The van der Waals surface area contributed by atoms with E-state index in [1.165, 1.54) is 18.3 Å². The highest BCUT2D eigenvalue weighted by atomic mass is 32.2. The van der Waals surface area contributed by atoms with Crippen molar-refractivity contribution in [3.8, 4) is 17.0 Å². The standard InChI is InChI=1S/C24H20F5N3O4S/c25-17-3-7-20(8-4-17)37(34,35)32-14-18(26)12-22(32)23(33)31-13-15-9-10-30-21(11-15)16-1-5-19(6-2-16)36-24(27,28)29/h1-11,18,22H,12-14H2,(H,31,33). The smallest absolute Gasteiger partial charge is 0.406 e. The van der Waals surface area contributed by atoms with Crippen LogP contribution < -0.4 is 10.1 Å². The van der Waals surface area contributed by atoms with Crippen LogP contribution in [0.5, 0.6) is 5.75 Å². The number of sulfonamides is 1. The summed E-state index contributed by atoms with van der Waals surface area (Å²) >= 11 is 0. The van der Waals surface area contributed by atoms with Gasteiger partial charge in [-0.1, -0.05) is 0 Å². The molecule has 2 atom stereocenters. The van der Waals surface area contributed by atoms with Gasteiger partial charge in [-0.3, -0.25) is 9.78 Å². The van der Waals surface area contributed by atoms with Gasteiger partial charge in [-0.2, -0.15) is 4.31 Å². The number of aromatic nitrogens is 1. The van der Waals surface area contributed by atoms with Crippen LogP contribution in [-0.4, -0.2) is 48.7 Å². The second-order valence-corrected chi connectivity index (χ2v) is 10.1. The molecule has 1 N–H and O–H groups in total. The highest BCUT2D eigenvalue weighted by Gasteiger charge is 2.44. The summed E-state index contributed by atoms with van der Waals surface area (Å²) in [5, 5.41) is 2.59. The van der Waals surface area contributed by atoms with Gasteiger partial charge in [0.25, 0.3) is 0 Å². The van der Waals surface area contributed by atoms with E-state index in [-0.39, 0.29) is 23.6 Å². The quantitative estimate of drug-likeness (QED) is 0.453. The fraction of sp³-hybridized carbons (Fsp3) is 0.250. The molecule has 0 aliphatic carbocycles. The summed E-state index contributed by atoms with van der Waals surface area (Å²) in [4.78, 5) is 16.8. The number of alkyl halides is 4. The molecular weight excluding hydrogens is 521 g/mol. The molecule has 1 aromatic heterocycles. The first-order valence-corrected chi connectivity index (χ1v) is 12.4. The molecule has 1 amide bonds. The summed E-state index contributed by atoms with van der Waals surface area (Å²) in [6.45, 7) is -0.549. The van der Waals surface area contributed by atoms with E-state index in [2.05, 4.69) is 15.0 Å². The van der Waals surface area contributed by atoms with Gasteiger partial charge in [0.05, 0.1) is 10.6 Å². The van der Waals surface area contributed by atoms with Crippen LogP contribution in [-0.2, 0) is 21.4 Å². The van der Waals surface area contributed by atoms with Crippen LogP contribution in [0, 0.1) is 5.82 Å². The van der Waals surface area contributed by atoms with Crippen LogP contribution in [0.3, 0.4) is 0 Å². The number of rotatable bonds is 7. The molecule has 3 aromatic rings. The van der Waals surface area contributed by atoms with Crippen LogP contribution in [0.4, 0.5) is 22.0 Å². The Bertz CT molecular complexity index is 1370. The van der Waals surface area contributed by atoms with E-state index in [1.807, 2.05) is 0 Å². The first kappa shape index (κ1) is 26.5. The Morgan fingerprint density at radius 1 is 1.08 bits per heavy atom. The molecule has 196 valence electrons. The zero-order valence-electron chi connectivity index (χ0n) is 19.0. The van der Waals surface area contributed by atoms with E-state index in [0.29, 0.717) is 16.8 Å². The molecule has 4 rings (SSSR count). The van der Waals surface area contributed by atoms with E-state index < -0.39 is 46.9 Å². The van der Waals surface area contributed by atoms with Crippen molar-refractivity contribution >= 4 is 15.9 Å². The number of hydrogen-bond acceptors (Lipinski definition) is 5. The number of pyridine rings is 1. The zero-order chi connectivity index (χ0) is 26.8. The number of ether oxygens (including phenoxy) is 1. The fourth-order valence-corrected chi connectivity index (χ4v) is 5.50. The van der Waals surface area contributed by atoms with Crippen molar-refractivity contribution in [2.45, 2.75) is 36.4 Å². The van der Waals surface area contributed by atoms with E-state index >= 15 is 0 Å². The molecule has 13 heteroatoms. The molecule has 1 saturated heterocycles. The van der Waals surface area contributed by atoms with E-state index in [0.717, 1.165) is 40.7 Å². The van der Waals surface area contributed by atoms with Gasteiger partial charge in [-0.05, 0) is 66.2 Å². The summed E-state index contributed by atoms with van der Waals surface area (Å²) in [7, 11) is -4.25. The van der Waals surface area contributed by atoms with E-state index in [4.69, 9.17) is 0 Å². The zero-order valence-corrected chi connectivity index (χ0v) is 19.8. The molecule has 37 heavy (non-hydrogen) atoms. The Balaban J connectivity index is 1.44. The number of carbonyl (C=O) groups excluding carboxylic acids is 1. The second kappa shape index (κ2) is 10.4. The van der Waals surface area contributed by atoms with Crippen molar-refractivity contribution in [1.29, 1.82) is 0 Å². The van der Waals surface area contributed by atoms with Gasteiger partial charge in [0.1, 0.15) is 23.8 Å². The van der Waals surface area contributed by atoms with Gasteiger partial charge in [-0.15, -0.1) is 13.2 Å². The summed E-state index contributed by atoms with van der Waals surface area (Å²) in [6, 6.07) is 11.0. The minimum absolute atomic E-state index is 0.0402. The Kier molecular flexibility index (Phi) is 7.46. The van der Waals surface area contributed by atoms with Gasteiger partial charge in [0.2, 0.25) is 15.9 Å². The molecule has 2 heterocycles. The molecular formula is C24H20F5N3O4S. The topological polar surface area (TPSA) is 88.6 Å². The minimum atomic E-state index is -4.81. The molecule has 2 aromatic carbocycles. The summed E-state index contributed by atoms with van der Waals surface area (Å²) in [5.41, 5.74) is 1.47. The van der Waals surface area contributed by atoms with Crippen molar-refractivity contribution in [2.24, 2.45) is 0 Å². The molecule has 7 nitrogen and oxygen atoms in total. The number of amides is 1. The largest absolute Gasteiger partial charge is 0.573 e. The van der Waals surface area contributed by atoms with E-state index in [9.17, 15) is 35.2 Å². The van der Waals surface area contributed by atoms with Crippen LogP contribution >= 0.6 is 0 Å². The lowest BCUT2D eigenvalue weighted by atomic mass is 10.1. The molecule has 1 aliphatic heterocycles. The number of hydrogen-bond donors (Lipinski definition) is 1. The average molecular weight is 541 g/mol. The van der Waals surface area contributed by atoms with Crippen LogP contribution in [0.2, 0.25) is 0 Å². The predicted molar refractivity (Wildman–Crippen MR) is 122 cm³/mol. The number of benzene rings is 2. The molecule has 0 radical (unpaired) electrons. The highest BCUT2D eigenvalue weighted by molar-refractivity contribution is 7.89. The van der Waals surface area contributed by atoms with Crippen LogP contribution in [0.25, 0.3) is 11.3 Å². The Hall–Kier alpha value is -3.58. The van der Waals surface area contributed by atoms with Gasteiger partial charge >= 0.3 is 6.36 Å². The van der Waals surface area contributed by atoms with Gasteiger partial charge in [0, 0.05) is 31.3 Å². The summed E-state index contributed by atoms with van der Waals surface area (Å²) in [6.07, 6.45) is -5.26. The maximum absolute atomic E-state index is 14.2. The van der Waals surface area contributed by atoms with Gasteiger partial charge in [0.15, 0.2) is 0 Å². The van der Waals surface area contributed by atoms with Gasteiger partial charge < -0.3 is 10.1 Å². The predicted octanol–water partition coefficient (Wildman–Crippen LogP) is 4.20. The van der Waals surface area contributed by atoms with Crippen molar-refractivity contribution in [2.75, 3.05) is 6.54 Å². The third-order valence-corrected chi connectivity index (χ3v) is 7.49. The van der Waals surface area contributed by atoms with Crippen molar-refractivity contribution in [3.63, 3.8) is 0 Å². The van der Waals surface area contributed by atoms with E-state index in [1.54, 1.807) is 12.1 Å². The number of halogens is 5. The number of nitrogens with one attached hydrogen (secondary N) is 1. The first-order valence-electron chi connectivity index (χ1n) is 10.9.